The summed E-state index contributed by atoms with van der Waals surface area (Å²) in [5.41, 5.74) is 0.158. The molecule has 3 aromatic rings. The van der Waals surface area contributed by atoms with Crippen molar-refractivity contribution in [1.82, 2.24) is 25.0 Å². The fourth-order valence-electron chi connectivity index (χ4n) is 2.21. The van der Waals surface area contributed by atoms with Crippen molar-refractivity contribution in [2.24, 2.45) is 0 Å². The summed E-state index contributed by atoms with van der Waals surface area (Å²) in [7, 11) is 0. The van der Waals surface area contributed by atoms with Crippen LogP contribution in [0.1, 0.15) is 11.7 Å². The number of carbonyl (C=O) groups excluding carboxylic acids is 1. The van der Waals surface area contributed by atoms with Crippen molar-refractivity contribution < 1.29 is 22.5 Å². The van der Waals surface area contributed by atoms with Crippen LogP contribution in [0, 0.1) is 0 Å². The first kappa shape index (κ1) is 17.6. The standard InChI is InChI=1S/C15H12F3N5O3/c16-15(17,18)14-21-11(22-26-14)5-6-19-12(24)7-23-8-20-10-4-2-1-3-9(10)13(23)25/h1-4,8H,5-7H2,(H,19,24). The first-order valence-electron chi connectivity index (χ1n) is 7.45. The van der Waals surface area contributed by atoms with Gasteiger partial charge in [0.05, 0.1) is 17.2 Å². The Hall–Kier alpha value is -3.24. The molecule has 0 aliphatic carbocycles. The van der Waals surface area contributed by atoms with Crippen LogP contribution in [0.4, 0.5) is 13.2 Å². The SMILES string of the molecule is O=C(Cn1cnc2ccccc2c1=O)NCCc1noc(C(F)(F)F)n1. The van der Waals surface area contributed by atoms with E-state index in [2.05, 4.69) is 25.0 Å². The highest BCUT2D eigenvalue weighted by atomic mass is 19.4. The lowest BCUT2D eigenvalue weighted by Gasteiger charge is -2.07. The minimum atomic E-state index is -4.71. The fraction of sp³-hybridized carbons (Fsp3) is 0.267. The third kappa shape index (κ3) is 3.87. The zero-order valence-corrected chi connectivity index (χ0v) is 13.2. The van der Waals surface area contributed by atoms with Crippen LogP contribution in [0.3, 0.4) is 0 Å². The predicted octanol–water partition coefficient (Wildman–Crippen LogP) is 1.16. The van der Waals surface area contributed by atoms with E-state index in [1.165, 1.54) is 6.33 Å². The number of alkyl halides is 3. The molecule has 0 unspecified atom stereocenters. The van der Waals surface area contributed by atoms with E-state index in [0.29, 0.717) is 10.9 Å². The summed E-state index contributed by atoms with van der Waals surface area (Å²) < 4.78 is 42.2. The van der Waals surface area contributed by atoms with Crippen molar-refractivity contribution in [3.05, 3.63) is 52.7 Å². The number of nitrogens with zero attached hydrogens (tertiary/aromatic N) is 4. The Morgan fingerprint density at radius 2 is 2.04 bits per heavy atom. The lowest BCUT2D eigenvalue weighted by atomic mass is 10.2. The monoisotopic (exact) mass is 367 g/mol. The third-order valence-corrected chi connectivity index (χ3v) is 3.43. The molecule has 8 nitrogen and oxygen atoms in total. The maximum absolute atomic E-state index is 12.3. The molecule has 0 aliphatic rings. The largest absolute Gasteiger partial charge is 0.471 e. The number of carbonyl (C=O) groups is 1. The molecule has 0 bridgehead atoms. The number of halogens is 3. The van der Waals surface area contributed by atoms with Gasteiger partial charge >= 0.3 is 12.1 Å². The molecule has 1 amide bonds. The molecule has 1 aromatic carbocycles. The van der Waals surface area contributed by atoms with Crippen LogP contribution >= 0.6 is 0 Å². The Morgan fingerprint density at radius 3 is 2.77 bits per heavy atom. The van der Waals surface area contributed by atoms with Crippen molar-refractivity contribution in [3.8, 4) is 0 Å². The molecule has 0 spiro atoms. The summed E-state index contributed by atoms with van der Waals surface area (Å²) in [6.45, 7) is -0.276. The Labute approximate surface area is 143 Å². The van der Waals surface area contributed by atoms with E-state index in [1.54, 1.807) is 24.3 Å². The molecule has 2 heterocycles. The van der Waals surface area contributed by atoms with E-state index in [-0.39, 0.29) is 30.9 Å². The van der Waals surface area contributed by atoms with Gasteiger partial charge in [-0.2, -0.15) is 18.2 Å². The van der Waals surface area contributed by atoms with E-state index in [0.717, 1.165) is 4.57 Å². The van der Waals surface area contributed by atoms with E-state index >= 15 is 0 Å². The molecule has 11 heteroatoms. The van der Waals surface area contributed by atoms with Gasteiger partial charge in [0, 0.05) is 13.0 Å². The number of hydrogen-bond acceptors (Lipinski definition) is 6. The van der Waals surface area contributed by atoms with Crippen LogP contribution in [0.25, 0.3) is 10.9 Å². The maximum atomic E-state index is 12.3. The van der Waals surface area contributed by atoms with Crippen molar-refractivity contribution in [2.75, 3.05) is 6.54 Å². The van der Waals surface area contributed by atoms with E-state index in [9.17, 15) is 22.8 Å². The summed E-state index contributed by atoms with van der Waals surface area (Å²) in [4.78, 5) is 31.5. The van der Waals surface area contributed by atoms with Crippen molar-refractivity contribution in [2.45, 2.75) is 19.1 Å². The molecule has 136 valence electrons. The van der Waals surface area contributed by atoms with Gasteiger partial charge in [0.15, 0.2) is 5.82 Å². The minimum Gasteiger partial charge on any atom is -0.354 e. The van der Waals surface area contributed by atoms with Gasteiger partial charge in [-0.15, -0.1) is 0 Å². The van der Waals surface area contributed by atoms with Crippen molar-refractivity contribution >= 4 is 16.8 Å². The second-order valence-electron chi connectivity index (χ2n) is 5.31. The summed E-state index contributed by atoms with van der Waals surface area (Å²) >= 11 is 0. The highest BCUT2D eigenvalue weighted by Crippen LogP contribution is 2.27. The molecule has 0 fully saturated rings. The summed E-state index contributed by atoms with van der Waals surface area (Å²) in [6.07, 6.45) is -3.49. The molecule has 0 atom stereocenters. The number of benzene rings is 1. The van der Waals surface area contributed by atoms with Crippen molar-refractivity contribution in [3.63, 3.8) is 0 Å². The molecule has 0 saturated heterocycles. The molecule has 3 rings (SSSR count). The van der Waals surface area contributed by atoms with Gasteiger partial charge in [0.25, 0.3) is 5.56 Å². The molecule has 1 N–H and O–H groups in total. The maximum Gasteiger partial charge on any atom is 0.471 e. The normalized spacial score (nSPS) is 11.7. The van der Waals surface area contributed by atoms with Crippen LogP contribution in [-0.2, 0) is 23.9 Å². The first-order chi connectivity index (χ1) is 12.3. The number of para-hydroxylation sites is 1. The minimum absolute atomic E-state index is 0.00851. The summed E-state index contributed by atoms with van der Waals surface area (Å²) in [6, 6.07) is 6.72. The van der Waals surface area contributed by atoms with Gasteiger partial charge in [-0.1, -0.05) is 17.3 Å². The lowest BCUT2D eigenvalue weighted by Crippen LogP contribution is -2.33. The molecule has 26 heavy (non-hydrogen) atoms. The molecular formula is C15H12F3N5O3. The highest BCUT2D eigenvalue weighted by Gasteiger charge is 2.38. The van der Waals surface area contributed by atoms with E-state index in [4.69, 9.17) is 0 Å². The highest BCUT2D eigenvalue weighted by molar-refractivity contribution is 5.78. The third-order valence-electron chi connectivity index (χ3n) is 3.43. The zero-order chi connectivity index (χ0) is 18.7. The Morgan fingerprint density at radius 1 is 1.27 bits per heavy atom. The second-order valence-corrected chi connectivity index (χ2v) is 5.31. The van der Waals surface area contributed by atoms with Gasteiger partial charge < -0.3 is 9.84 Å². The van der Waals surface area contributed by atoms with Crippen LogP contribution in [0.5, 0.6) is 0 Å². The molecule has 0 saturated carbocycles. The quantitative estimate of drug-likeness (QED) is 0.726. The zero-order valence-electron chi connectivity index (χ0n) is 13.2. The van der Waals surface area contributed by atoms with Gasteiger partial charge in [-0.3, -0.25) is 14.2 Å². The lowest BCUT2D eigenvalue weighted by molar-refractivity contribution is -0.159. The number of amides is 1. The predicted molar refractivity (Wildman–Crippen MR) is 82.0 cm³/mol. The fourth-order valence-corrected chi connectivity index (χ4v) is 2.21. The van der Waals surface area contributed by atoms with Crippen LogP contribution in [0.2, 0.25) is 0 Å². The van der Waals surface area contributed by atoms with Gasteiger partial charge in [0.1, 0.15) is 6.54 Å². The number of fused-ring (bicyclic) bond motifs is 1. The van der Waals surface area contributed by atoms with Crippen LogP contribution in [0.15, 0.2) is 39.9 Å². The Balaban J connectivity index is 1.57. The van der Waals surface area contributed by atoms with Gasteiger partial charge in [-0.25, -0.2) is 4.98 Å². The average Bonchev–Trinajstić information content (AvgIpc) is 3.07. The van der Waals surface area contributed by atoms with Gasteiger partial charge in [0.2, 0.25) is 5.91 Å². The summed E-state index contributed by atoms with van der Waals surface area (Å²) in [5.74, 6) is -2.11. The average molecular weight is 367 g/mol. The number of hydrogen-bond donors (Lipinski definition) is 1. The molecule has 0 aliphatic heterocycles. The van der Waals surface area contributed by atoms with Crippen molar-refractivity contribution in [1.29, 1.82) is 0 Å². The van der Waals surface area contributed by atoms with Gasteiger partial charge in [-0.05, 0) is 12.1 Å². The number of aromatic nitrogens is 4. The number of nitrogens with one attached hydrogen (secondary N) is 1. The Bertz CT molecular complexity index is 996. The summed E-state index contributed by atoms with van der Waals surface area (Å²) in [5, 5.41) is 6.05. The topological polar surface area (TPSA) is 103 Å². The molecular weight excluding hydrogens is 355 g/mol. The van der Waals surface area contributed by atoms with Crippen LogP contribution in [-0.4, -0.2) is 32.1 Å². The molecule has 0 radical (unpaired) electrons. The molecule has 2 aromatic heterocycles. The Kier molecular flexibility index (Phi) is 4.69. The van der Waals surface area contributed by atoms with E-state index in [1.807, 2.05) is 0 Å². The van der Waals surface area contributed by atoms with Crippen LogP contribution < -0.4 is 10.9 Å². The second kappa shape index (κ2) is 6.94. The first-order valence-corrected chi connectivity index (χ1v) is 7.45. The number of rotatable bonds is 5. The smallest absolute Gasteiger partial charge is 0.354 e. The van der Waals surface area contributed by atoms with E-state index < -0.39 is 18.0 Å².